The third-order valence-corrected chi connectivity index (χ3v) is 2.36. The van der Waals surface area contributed by atoms with Crippen molar-refractivity contribution in [1.82, 2.24) is 9.80 Å². The van der Waals surface area contributed by atoms with Crippen molar-refractivity contribution in [3.63, 3.8) is 0 Å². The van der Waals surface area contributed by atoms with Gasteiger partial charge in [-0.25, -0.2) is 0 Å². The molecule has 0 aromatic heterocycles. The Morgan fingerprint density at radius 1 is 1.23 bits per heavy atom. The summed E-state index contributed by atoms with van der Waals surface area (Å²) in [4.78, 5) is 4.23. The van der Waals surface area contributed by atoms with Crippen LogP contribution in [0, 0.1) is 0 Å². The Bertz CT molecular complexity index is 140. The van der Waals surface area contributed by atoms with Gasteiger partial charge in [-0.05, 0) is 40.9 Å². The fourth-order valence-corrected chi connectivity index (χ4v) is 1.83. The van der Waals surface area contributed by atoms with Crippen molar-refractivity contribution < 1.29 is 5.11 Å². The summed E-state index contributed by atoms with van der Waals surface area (Å²) in [5.41, 5.74) is -0.736. The van der Waals surface area contributed by atoms with E-state index in [1.807, 2.05) is 27.9 Å². The molecule has 0 amide bonds. The largest absolute Gasteiger partial charge is 0.376 e. The van der Waals surface area contributed by atoms with Crippen LogP contribution in [0.2, 0.25) is 0 Å². The molecule has 0 aliphatic carbocycles. The number of aliphatic hydroxyl groups is 1. The molecule has 3 nitrogen and oxygen atoms in total. The lowest BCUT2D eigenvalue weighted by molar-refractivity contribution is -0.127. The molecule has 0 saturated carbocycles. The van der Waals surface area contributed by atoms with Gasteiger partial charge < -0.3 is 5.11 Å². The Kier molecular flexibility index (Phi) is 4.89. The summed E-state index contributed by atoms with van der Waals surface area (Å²) in [6.45, 7) is 8.74. The van der Waals surface area contributed by atoms with Crippen LogP contribution in [0.3, 0.4) is 0 Å². The quantitative estimate of drug-likeness (QED) is 0.659. The molecule has 0 radical (unpaired) electrons. The zero-order chi connectivity index (χ0) is 10.6. The van der Waals surface area contributed by atoms with Crippen molar-refractivity contribution in [3.8, 4) is 0 Å². The van der Waals surface area contributed by atoms with E-state index in [0.717, 1.165) is 13.0 Å². The van der Waals surface area contributed by atoms with Gasteiger partial charge in [0.1, 0.15) is 5.72 Å². The zero-order valence-corrected chi connectivity index (χ0v) is 9.83. The first-order chi connectivity index (χ1) is 5.84. The number of hydrogen-bond donors (Lipinski definition) is 1. The summed E-state index contributed by atoms with van der Waals surface area (Å²) in [5, 5.41) is 9.93. The van der Waals surface area contributed by atoms with Crippen LogP contribution in [0.15, 0.2) is 0 Å². The van der Waals surface area contributed by atoms with Crippen LogP contribution in [0.5, 0.6) is 0 Å². The third-order valence-electron chi connectivity index (χ3n) is 2.36. The first kappa shape index (κ1) is 12.9. The van der Waals surface area contributed by atoms with Gasteiger partial charge in [0.2, 0.25) is 0 Å². The van der Waals surface area contributed by atoms with Gasteiger partial charge in [0.15, 0.2) is 0 Å². The lowest BCUT2D eigenvalue weighted by Gasteiger charge is -2.42. The minimum absolute atomic E-state index is 0.310. The Hall–Kier alpha value is -0.120. The van der Waals surface area contributed by atoms with Gasteiger partial charge in [-0.3, -0.25) is 9.80 Å². The van der Waals surface area contributed by atoms with Gasteiger partial charge >= 0.3 is 0 Å². The van der Waals surface area contributed by atoms with Crippen LogP contribution in [0.1, 0.15) is 34.1 Å². The molecule has 0 rings (SSSR count). The molecule has 80 valence electrons. The first-order valence-corrected chi connectivity index (χ1v) is 5.00. The highest BCUT2D eigenvalue weighted by Crippen LogP contribution is 2.17. The molecule has 0 heterocycles. The van der Waals surface area contributed by atoms with E-state index in [9.17, 15) is 5.11 Å². The highest BCUT2D eigenvalue weighted by molar-refractivity contribution is 4.75. The van der Waals surface area contributed by atoms with Gasteiger partial charge in [-0.1, -0.05) is 13.8 Å². The molecule has 1 atom stereocenters. The van der Waals surface area contributed by atoms with E-state index in [1.54, 1.807) is 0 Å². The first-order valence-electron chi connectivity index (χ1n) is 5.00. The van der Waals surface area contributed by atoms with E-state index in [4.69, 9.17) is 0 Å². The second-order valence-corrected chi connectivity index (χ2v) is 4.13. The van der Waals surface area contributed by atoms with Crippen molar-refractivity contribution in [3.05, 3.63) is 0 Å². The molecule has 3 heteroatoms. The summed E-state index contributed by atoms with van der Waals surface area (Å²) in [5.74, 6) is 0. The standard InChI is InChI=1S/C10H24N2O/c1-7-9(11(5)6)12(8-2)10(3,4)13/h9,13H,7-8H2,1-6H3. The van der Waals surface area contributed by atoms with E-state index >= 15 is 0 Å². The Balaban J connectivity index is 4.53. The maximum Gasteiger partial charge on any atom is 0.114 e. The Morgan fingerprint density at radius 3 is 1.77 bits per heavy atom. The van der Waals surface area contributed by atoms with Gasteiger partial charge in [0, 0.05) is 0 Å². The molecule has 0 spiro atoms. The van der Waals surface area contributed by atoms with Crippen molar-refractivity contribution >= 4 is 0 Å². The van der Waals surface area contributed by atoms with Crippen LogP contribution in [0.25, 0.3) is 0 Å². The molecular weight excluding hydrogens is 164 g/mol. The van der Waals surface area contributed by atoms with Crippen LogP contribution in [0.4, 0.5) is 0 Å². The number of nitrogens with zero attached hydrogens (tertiary/aromatic N) is 2. The average Bonchev–Trinajstić information content (AvgIpc) is 1.96. The van der Waals surface area contributed by atoms with E-state index in [-0.39, 0.29) is 0 Å². The Morgan fingerprint density at radius 2 is 1.69 bits per heavy atom. The van der Waals surface area contributed by atoms with Gasteiger partial charge in [-0.2, -0.15) is 0 Å². The fraction of sp³-hybridized carbons (Fsp3) is 1.00. The monoisotopic (exact) mass is 188 g/mol. The van der Waals surface area contributed by atoms with Crippen LogP contribution < -0.4 is 0 Å². The maximum absolute atomic E-state index is 9.93. The third kappa shape index (κ3) is 3.63. The predicted molar refractivity (Wildman–Crippen MR) is 56.4 cm³/mol. The predicted octanol–water partition coefficient (Wildman–Crippen LogP) is 1.33. The lowest BCUT2D eigenvalue weighted by Crippen LogP contribution is -2.54. The molecule has 0 aromatic carbocycles. The average molecular weight is 188 g/mol. The SMILES string of the molecule is CCC(N(C)C)N(CC)C(C)(C)O. The molecule has 0 aliphatic heterocycles. The molecule has 0 saturated heterocycles. The van der Waals surface area contributed by atoms with Crippen LogP contribution >= 0.6 is 0 Å². The lowest BCUT2D eigenvalue weighted by atomic mass is 10.2. The molecular formula is C10H24N2O. The molecule has 0 aliphatic rings. The molecule has 13 heavy (non-hydrogen) atoms. The summed E-state index contributed by atoms with van der Waals surface area (Å²) >= 11 is 0. The molecule has 0 bridgehead atoms. The molecule has 1 N–H and O–H groups in total. The van der Waals surface area contributed by atoms with E-state index in [1.165, 1.54) is 0 Å². The molecule has 1 unspecified atom stereocenters. The van der Waals surface area contributed by atoms with Gasteiger partial charge in [0.25, 0.3) is 0 Å². The second kappa shape index (κ2) is 4.94. The summed E-state index contributed by atoms with van der Waals surface area (Å²) in [7, 11) is 4.09. The van der Waals surface area contributed by atoms with Crippen LogP contribution in [-0.4, -0.2) is 47.4 Å². The minimum atomic E-state index is -0.736. The smallest absolute Gasteiger partial charge is 0.114 e. The topological polar surface area (TPSA) is 26.7 Å². The Labute approximate surface area is 82.3 Å². The van der Waals surface area contributed by atoms with Crippen molar-refractivity contribution in [1.29, 1.82) is 0 Å². The van der Waals surface area contributed by atoms with E-state index < -0.39 is 5.72 Å². The van der Waals surface area contributed by atoms with E-state index in [2.05, 4.69) is 23.6 Å². The van der Waals surface area contributed by atoms with E-state index in [0.29, 0.717) is 6.17 Å². The highest BCUT2D eigenvalue weighted by Gasteiger charge is 2.29. The van der Waals surface area contributed by atoms with Gasteiger partial charge in [0.05, 0.1) is 6.17 Å². The maximum atomic E-state index is 9.93. The highest BCUT2D eigenvalue weighted by atomic mass is 16.3. The molecule has 0 fully saturated rings. The van der Waals surface area contributed by atoms with Gasteiger partial charge in [-0.15, -0.1) is 0 Å². The molecule has 0 aromatic rings. The summed E-state index contributed by atoms with van der Waals surface area (Å²) < 4.78 is 0. The van der Waals surface area contributed by atoms with Crippen LogP contribution in [-0.2, 0) is 0 Å². The fourth-order valence-electron chi connectivity index (χ4n) is 1.83. The number of hydrogen-bond acceptors (Lipinski definition) is 3. The minimum Gasteiger partial charge on any atom is -0.376 e. The normalized spacial score (nSPS) is 15.5. The van der Waals surface area contributed by atoms with Crippen molar-refractivity contribution in [2.75, 3.05) is 20.6 Å². The second-order valence-electron chi connectivity index (χ2n) is 4.13. The van der Waals surface area contributed by atoms with Crippen molar-refractivity contribution in [2.45, 2.75) is 46.0 Å². The zero-order valence-electron chi connectivity index (χ0n) is 9.83. The number of rotatable bonds is 5. The van der Waals surface area contributed by atoms with Crippen molar-refractivity contribution in [2.24, 2.45) is 0 Å². The summed E-state index contributed by atoms with van der Waals surface area (Å²) in [6.07, 6.45) is 1.33. The summed E-state index contributed by atoms with van der Waals surface area (Å²) in [6, 6.07) is 0.